The van der Waals surface area contributed by atoms with Crippen molar-refractivity contribution in [2.75, 3.05) is 0 Å². The maximum absolute atomic E-state index is 12.3. The molecule has 0 aliphatic heterocycles. The fraction of sp³-hybridized carbons (Fsp3) is 0.154. The summed E-state index contributed by atoms with van der Waals surface area (Å²) in [7, 11) is 0. The minimum atomic E-state index is -0.0515. The molecule has 0 radical (unpaired) electrons. The minimum Gasteiger partial charge on any atom is -0.288 e. The van der Waals surface area contributed by atoms with Crippen molar-refractivity contribution in [2.24, 2.45) is 0 Å². The van der Waals surface area contributed by atoms with E-state index >= 15 is 0 Å². The third-order valence-electron chi connectivity index (χ3n) is 2.53. The molecule has 0 atom stereocenters. The highest BCUT2D eigenvalue weighted by atomic mass is 35.5. The molecule has 0 unspecified atom stereocenters. The zero-order chi connectivity index (χ0) is 12.4. The molecule has 0 amide bonds. The largest absolute Gasteiger partial charge is 0.288 e. The Bertz CT molecular complexity index is 560. The smallest absolute Gasteiger partial charge is 0.204 e. The summed E-state index contributed by atoms with van der Waals surface area (Å²) >= 11 is 13.4. The van der Waals surface area contributed by atoms with E-state index in [1.54, 1.807) is 18.2 Å². The van der Waals surface area contributed by atoms with Gasteiger partial charge in [0.1, 0.15) is 0 Å². The Kier molecular flexibility index (Phi) is 3.87. The van der Waals surface area contributed by atoms with Crippen molar-refractivity contribution in [1.29, 1.82) is 0 Å². The first-order valence-corrected chi connectivity index (χ1v) is 6.83. The van der Waals surface area contributed by atoms with Crippen molar-refractivity contribution in [3.63, 3.8) is 0 Å². The van der Waals surface area contributed by atoms with Crippen molar-refractivity contribution < 1.29 is 4.79 Å². The summed E-state index contributed by atoms with van der Waals surface area (Å²) < 4.78 is 0. The van der Waals surface area contributed by atoms with Crippen LogP contribution in [0.1, 0.15) is 27.7 Å². The zero-order valence-electron chi connectivity index (χ0n) is 9.17. The summed E-state index contributed by atoms with van der Waals surface area (Å²) in [6.45, 7) is 2.03. The molecule has 0 N–H and O–H groups in total. The van der Waals surface area contributed by atoms with Crippen LogP contribution in [0, 0.1) is 0 Å². The number of ketones is 1. The van der Waals surface area contributed by atoms with Gasteiger partial charge in [0, 0.05) is 5.56 Å². The lowest BCUT2D eigenvalue weighted by Crippen LogP contribution is -2.02. The van der Waals surface area contributed by atoms with E-state index in [0.29, 0.717) is 15.6 Å². The highest BCUT2D eigenvalue weighted by molar-refractivity contribution is 7.12. The van der Waals surface area contributed by atoms with E-state index in [1.165, 1.54) is 11.3 Å². The van der Waals surface area contributed by atoms with Crippen molar-refractivity contribution >= 4 is 40.3 Å². The second kappa shape index (κ2) is 5.21. The van der Waals surface area contributed by atoms with Gasteiger partial charge in [-0.3, -0.25) is 4.79 Å². The summed E-state index contributed by atoms with van der Waals surface area (Å²) in [5, 5.41) is 2.66. The Morgan fingerprint density at radius 2 is 2.06 bits per heavy atom. The van der Waals surface area contributed by atoms with Crippen LogP contribution in [0.2, 0.25) is 10.0 Å². The quantitative estimate of drug-likeness (QED) is 0.737. The topological polar surface area (TPSA) is 17.1 Å². The molecule has 0 aliphatic rings. The monoisotopic (exact) mass is 284 g/mol. The second-order valence-corrected chi connectivity index (χ2v) is 5.26. The Labute approximate surface area is 114 Å². The third kappa shape index (κ3) is 2.39. The molecule has 4 heteroatoms. The number of rotatable bonds is 3. The first-order chi connectivity index (χ1) is 8.15. The van der Waals surface area contributed by atoms with Crippen molar-refractivity contribution in [1.82, 2.24) is 0 Å². The van der Waals surface area contributed by atoms with Crippen molar-refractivity contribution in [3.05, 3.63) is 55.7 Å². The van der Waals surface area contributed by atoms with Gasteiger partial charge in [0.2, 0.25) is 5.78 Å². The molecular formula is C13H10Cl2OS. The average molecular weight is 285 g/mol. The number of thiophene rings is 1. The van der Waals surface area contributed by atoms with E-state index in [9.17, 15) is 4.79 Å². The summed E-state index contributed by atoms with van der Waals surface area (Å²) in [4.78, 5) is 13.1. The van der Waals surface area contributed by atoms with Gasteiger partial charge in [-0.05, 0) is 35.6 Å². The van der Waals surface area contributed by atoms with Gasteiger partial charge in [-0.15, -0.1) is 11.3 Å². The first kappa shape index (κ1) is 12.6. The van der Waals surface area contributed by atoms with Gasteiger partial charge in [0.05, 0.1) is 14.9 Å². The number of hydrogen-bond donors (Lipinski definition) is 0. The maximum Gasteiger partial charge on any atom is 0.204 e. The van der Waals surface area contributed by atoms with Crippen LogP contribution < -0.4 is 0 Å². The summed E-state index contributed by atoms with van der Waals surface area (Å²) in [5.41, 5.74) is 1.52. The van der Waals surface area contributed by atoms with Crippen molar-refractivity contribution in [2.45, 2.75) is 13.3 Å². The van der Waals surface area contributed by atoms with Gasteiger partial charge in [0.25, 0.3) is 0 Å². The number of carbonyl (C=O) groups is 1. The normalized spacial score (nSPS) is 10.5. The highest BCUT2D eigenvalue weighted by Crippen LogP contribution is 2.29. The number of hydrogen-bond acceptors (Lipinski definition) is 2. The fourth-order valence-electron chi connectivity index (χ4n) is 1.61. The maximum atomic E-state index is 12.3. The fourth-order valence-corrected chi connectivity index (χ4v) is 2.95. The molecule has 0 spiro atoms. The molecular weight excluding hydrogens is 275 g/mol. The summed E-state index contributed by atoms with van der Waals surface area (Å²) in [6, 6.07) is 7.09. The van der Waals surface area contributed by atoms with Gasteiger partial charge in [-0.2, -0.15) is 0 Å². The summed E-state index contributed by atoms with van der Waals surface area (Å²) in [6.07, 6.45) is 0.836. The van der Waals surface area contributed by atoms with Crippen LogP contribution in [0.3, 0.4) is 0 Å². The molecule has 0 bridgehead atoms. The number of benzene rings is 1. The molecule has 1 aromatic heterocycles. The average Bonchev–Trinajstić information content (AvgIpc) is 2.80. The lowest BCUT2D eigenvalue weighted by molar-refractivity contribution is 0.104. The molecule has 17 heavy (non-hydrogen) atoms. The van der Waals surface area contributed by atoms with Crippen LogP contribution in [0.25, 0.3) is 0 Å². The lowest BCUT2D eigenvalue weighted by Gasteiger charge is -2.04. The third-order valence-corrected chi connectivity index (χ3v) is 4.30. The van der Waals surface area contributed by atoms with Crippen LogP contribution >= 0.6 is 34.5 Å². The van der Waals surface area contributed by atoms with Crippen molar-refractivity contribution in [3.8, 4) is 0 Å². The Morgan fingerprint density at radius 3 is 2.76 bits per heavy atom. The molecule has 0 saturated heterocycles. The summed E-state index contributed by atoms with van der Waals surface area (Å²) in [5.74, 6) is -0.0515. The van der Waals surface area contributed by atoms with Gasteiger partial charge in [0.15, 0.2) is 0 Å². The van der Waals surface area contributed by atoms with Crippen LogP contribution in [-0.4, -0.2) is 5.78 Å². The molecule has 1 heterocycles. The molecule has 0 fully saturated rings. The van der Waals surface area contributed by atoms with Crippen LogP contribution in [-0.2, 0) is 6.42 Å². The Morgan fingerprint density at radius 1 is 1.29 bits per heavy atom. The SMILES string of the molecule is CCc1ccsc1C(=O)c1cccc(Cl)c1Cl. The first-order valence-electron chi connectivity index (χ1n) is 5.20. The van der Waals surface area contributed by atoms with Crippen LogP contribution in [0.5, 0.6) is 0 Å². The molecule has 0 aliphatic carbocycles. The predicted octanol–water partition coefficient (Wildman–Crippen LogP) is 4.85. The van der Waals surface area contributed by atoms with Gasteiger partial charge >= 0.3 is 0 Å². The molecule has 1 aromatic carbocycles. The lowest BCUT2D eigenvalue weighted by atomic mass is 10.1. The van der Waals surface area contributed by atoms with E-state index in [-0.39, 0.29) is 5.78 Å². The standard InChI is InChI=1S/C13H10Cl2OS/c1-2-8-6-7-17-13(8)12(16)9-4-3-5-10(14)11(9)15/h3-7H,2H2,1H3. The minimum absolute atomic E-state index is 0.0515. The molecule has 2 rings (SSSR count). The number of aryl methyl sites for hydroxylation is 1. The number of carbonyl (C=O) groups excluding carboxylic acids is 1. The predicted molar refractivity (Wildman–Crippen MR) is 73.6 cm³/mol. The van der Waals surface area contributed by atoms with Gasteiger partial charge < -0.3 is 0 Å². The second-order valence-electron chi connectivity index (χ2n) is 3.56. The highest BCUT2D eigenvalue weighted by Gasteiger charge is 2.18. The van der Waals surface area contributed by atoms with E-state index in [1.807, 2.05) is 18.4 Å². The van der Waals surface area contributed by atoms with E-state index in [0.717, 1.165) is 16.9 Å². The Balaban J connectivity index is 2.48. The zero-order valence-corrected chi connectivity index (χ0v) is 11.5. The van der Waals surface area contributed by atoms with E-state index in [4.69, 9.17) is 23.2 Å². The Hall–Kier alpha value is -0.830. The molecule has 88 valence electrons. The van der Waals surface area contributed by atoms with E-state index in [2.05, 4.69) is 0 Å². The van der Waals surface area contributed by atoms with Gasteiger partial charge in [-0.1, -0.05) is 36.2 Å². The molecule has 0 saturated carbocycles. The van der Waals surface area contributed by atoms with E-state index < -0.39 is 0 Å². The molecule has 2 aromatic rings. The molecule has 1 nitrogen and oxygen atoms in total. The van der Waals surface area contributed by atoms with Crippen LogP contribution in [0.15, 0.2) is 29.6 Å². The number of halogens is 2. The van der Waals surface area contributed by atoms with Crippen LogP contribution in [0.4, 0.5) is 0 Å². The van der Waals surface area contributed by atoms with Gasteiger partial charge in [-0.25, -0.2) is 0 Å².